The van der Waals surface area contributed by atoms with Crippen molar-refractivity contribution in [2.24, 2.45) is 0 Å². The molecule has 0 aromatic carbocycles. The molecule has 0 bridgehead atoms. The fraction of sp³-hybridized carbons (Fsp3) is 0.846. The molecular formula is C13H25N3O2. The van der Waals surface area contributed by atoms with Gasteiger partial charge in [-0.25, -0.2) is 4.79 Å². The maximum Gasteiger partial charge on any atom is 0.321 e. The van der Waals surface area contributed by atoms with Gasteiger partial charge in [-0.1, -0.05) is 6.42 Å². The molecule has 2 N–H and O–H groups in total. The zero-order valence-corrected chi connectivity index (χ0v) is 11.9. The van der Waals surface area contributed by atoms with E-state index in [0.29, 0.717) is 12.6 Å². The Bertz CT molecular complexity index is 310. The summed E-state index contributed by atoms with van der Waals surface area (Å²) in [6.07, 6.45) is 3.48. The fourth-order valence-corrected chi connectivity index (χ4v) is 2.11. The van der Waals surface area contributed by atoms with Gasteiger partial charge in [-0.2, -0.15) is 0 Å². The lowest BCUT2D eigenvalue weighted by Crippen LogP contribution is -2.51. The van der Waals surface area contributed by atoms with E-state index in [9.17, 15) is 9.59 Å². The molecule has 0 saturated carbocycles. The Hall–Kier alpha value is -1.10. The van der Waals surface area contributed by atoms with Crippen molar-refractivity contribution in [3.8, 4) is 0 Å². The van der Waals surface area contributed by atoms with Gasteiger partial charge in [0.2, 0.25) is 5.91 Å². The summed E-state index contributed by atoms with van der Waals surface area (Å²) in [6.45, 7) is 9.01. The van der Waals surface area contributed by atoms with Crippen molar-refractivity contribution < 1.29 is 9.59 Å². The zero-order valence-electron chi connectivity index (χ0n) is 11.9. The summed E-state index contributed by atoms with van der Waals surface area (Å²) in [5.41, 5.74) is -0.331. The van der Waals surface area contributed by atoms with E-state index in [4.69, 9.17) is 0 Å². The minimum atomic E-state index is -0.419. The normalized spacial score (nSPS) is 21.4. The smallest absolute Gasteiger partial charge is 0.321 e. The molecule has 1 rings (SSSR count). The van der Waals surface area contributed by atoms with E-state index in [2.05, 4.69) is 22.5 Å². The average Bonchev–Trinajstić information content (AvgIpc) is 2.18. The van der Waals surface area contributed by atoms with Gasteiger partial charge < -0.3 is 5.32 Å². The van der Waals surface area contributed by atoms with Gasteiger partial charge in [0.05, 0.1) is 6.54 Å². The number of carbonyl (C=O) groups is 2. The number of piperidine rings is 1. The molecule has 0 radical (unpaired) electrons. The standard InChI is InChI=1S/C13H25N3O2/c1-10-7-5-6-8-16(10)9-11(17)14-12(18)15-13(2,3)4/h10H,5-9H2,1-4H3,(H2,14,15,17,18)/t10-/m0/s1. The predicted octanol–water partition coefficient (Wildman–Crippen LogP) is 1.49. The number of imide groups is 1. The van der Waals surface area contributed by atoms with Crippen LogP contribution in [0, 0.1) is 0 Å². The minimum absolute atomic E-state index is 0.231. The highest BCUT2D eigenvalue weighted by atomic mass is 16.2. The molecule has 0 unspecified atom stereocenters. The molecule has 1 saturated heterocycles. The van der Waals surface area contributed by atoms with Crippen LogP contribution in [0.4, 0.5) is 4.79 Å². The van der Waals surface area contributed by atoms with Crippen molar-refractivity contribution >= 4 is 11.9 Å². The van der Waals surface area contributed by atoms with Crippen LogP contribution < -0.4 is 10.6 Å². The summed E-state index contributed by atoms with van der Waals surface area (Å²) in [7, 11) is 0. The van der Waals surface area contributed by atoms with Crippen LogP contribution in [0.25, 0.3) is 0 Å². The highest BCUT2D eigenvalue weighted by Crippen LogP contribution is 2.15. The Kier molecular flexibility index (Phi) is 5.14. The maximum atomic E-state index is 11.7. The lowest BCUT2D eigenvalue weighted by atomic mass is 10.0. The first kappa shape index (κ1) is 15.0. The molecule has 5 nitrogen and oxygen atoms in total. The largest absolute Gasteiger partial charge is 0.333 e. The van der Waals surface area contributed by atoms with Gasteiger partial charge in [0.15, 0.2) is 0 Å². The summed E-state index contributed by atoms with van der Waals surface area (Å²) in [6, 6.07) is 0.00680. The van der Waals surface area contributed by atoms with Crippen molar-refractivity contribution in [2.45, 2.75) is 58.5 Å². The zero-order chi connectivity index (χ0) is 13.8. The van der Waals surface area contributed by atoms with Gasteiger partial charge in [0, 0.05) is 11.6 Å². The summed E-state index contributed by atoms with van der Waals surface area (Å²) in [5, 5.41) is 5.08. The van der Waals surface area contributed by atoms with Crippen LogP contribution in [0.1, 0.15) is 47.0 Å². The molecule has 1 aliphatic rings. The Labute approximate surface area is 109 Å². The second-order valence-corrected chi connectivity index (χ2v) is 6.07. The highest BCUT2D eigenvalue weighted by molar-refractivity contribution is 5.95. The molecule has 5 heteroatoms. The summed E-state index contributed by atoms with van der Waals surface area (Å²) in [4.78, 5) is 25.4. The molecule has 18 heavy (non-hydrogen) atoms. The molecular weight excluding hydrogens is 230 g/mol. The molecule has 1 aliphatic heterocycles. The maximum absolute atomic E-state index is 11.7. The van der Waals surface area contributed by atoms with Crippen molar-refractivity contribution in [1.29, 1.82) is 0 Å². The molecule has 1 fully saturated rings. The number of likely N-dealkylation sites (tertiary alicyclic amines) is 1. The number of rotatable bonds is 2. The van der Waals surface area contributed by atoms with Crippen LogP contribution >= 0.6 is 0 Å². The first-order valence-corrected chi connectivity index (χ1v) is 6.64. The molecule has 1 heterocycles. The number of hydrogen-bond donors (Lipinski definition) is 2. The third kappa shape index (κ3) is 5.49. The van der Waals surface area contributed by atoms with Gasteiger partial charge in [-0.3, -0.25) is 15.0 Å². The van der Waals surface area contributed by atoms with Crippen molar-refractivity contribution in [3.63, 3.8) is 0 Å². The molecule has 0 aromatic rings. The van der Waals surface area contributed by atoms with Crippen LogP contribution in [-0.4, -0.2) is 41.5 Å². The second-order valence-electron chi connectivity index (χ2n) is 6.07. The van der Waals surface area contributed by atoms with E-state index < -0.39 is 6.03 Å². The van der Waals surface area contributed by atoms with Crippen molar-refractivity contribution in [1.82, 2.24) is 15.5 Å². The lowest BCUT2D eigenvalue weighted by Gasteiger charge is -2.32. The van der Waals surface area contributed by atoms with E-state index in [-0.39, 0.29) is 11.4 Å². The summed E-state index contributed by atoms with van der Waals surface area (Å²) < 4.78 is 0. The number of hydrogen-bond acceptors (Lipinski definition) is 3. The summed E-state index contributed by atoms with van der Waals surface area (Å²) in [5.74, 6) is -0.231. The van der Waals surface area contributed by atoms with Crippen LogP contribution in [0.2, 0.25) is 0 Å². The Balaban J connectivity index is 2.34. The second kappa shape index (κ2) is 6.18. The van der Waals surface area contributed by atoms with E-state index in [0.717, 1.165) is 19.4 Å². The highest BCUT2D eigenvalue weighted by Gasteiger charge is 2.22. The van der Waals surface area contributed by atoms with Gasteiger partial charge in [0.1, 0.15) is 0 Å². The van der Waals surface area contributed by atoms with Crippen LogP contribution in [0.15, 0.2) is 0 Å². The third-order valence-electron chi connectivity index (χ3n) is 3.03. The molecule has 1 atom stereocenters. The quantitative estimate of drug-likeness (QED) is 0.786. The van der Waals surface area contributed by atoms with Gasteiger partial charge >= 0.3 is 6.03 Å². The molecule has 3 amide bonds. The first-order valence-electron chi connectivity index (χ1n) is 6.64. The SMILES string of the molecule is C[C@H]1CCCCN1CC(=O)NC(=O)NC(C)(C)C. The van der Waals surface area contributed by atoms with E-state index >= 15 is 0 Å². The molecule has 0 aliphatic carbocycles. The first-order chi connectivity index (χ1) is 8.28. The van der Waals surface area contributed by atoms with Gasteiger partial charge in [-0.15, -0.1) is 0 Å². The number of nitrogens with zero attached hydrogens (tertiary/aromatic N) is 1. The minimum Gasteiger partial charge on any atom is -0.333 e. The Morgan fingerprint density at radius 3 is 2.50 bits per heavy atom. The van der Waals surface area contributed by atoms with Gasteiger partial charge in [-0.05, 0) is 47.1 Å². The number of nitrogens with one attached hydrogen (secondary N) is 2. The lowest BCUT2D eigenvalue weighted by molar-refractivity contribution is -0.122. The summed E-state index contributed by atoms with van der Waals surface area (Å²) >= 11 is 0. The van der Waals surface area contributed by atoms with Gasteiger partial charge in [0.25, 0.3) is 0 Å². The van der Waals surface area contributed by atoms with E-state index in [1.54, 1.807) is 0 Å². The Morgan fingerprint density at radius 2 is 1.94 bits per heavy atom. The van der Waals surface area contributed by atoms with Crippen LogP contribution in [0.5, 0.6) is 0 Å². The molecule has 0 aromatic heterocycles. The fourth-order valence-electron chi connectivity index (χ4n) is 2.11. The average molecular weight is 255 g/mol. The molecule has 0 spiro atoms. The molecule has 104 valence electrons. The van der Waals surface area contributed by atoms with Crippen molar-refractivity contribution in [2.75, 3.05) is 13.1 Å². The third-order valence-corrected chi connectivity index (χ3v) is 3.03. The predicted molar refractivity (Wildman–Crippen MR) is 71.3 cm³/mol. The van der Waals surface area contributed by atoms with E-state index in [1.165, 1.54) is 6.42 Å². The van der Waals surface area contributed by atoms with Crippen LogP contribution in [-0.2, 0) is 4.79 Å². The monoisotopic (exact) mass is 255 g/mol. The van der Waals surface area contributed by atoms with Crippen LogP contribution in [0.3, 0.4) is 0 Å². The topological polar surface area (TPSA) is 61.4 Å². The number of amides is 3. The van der Waals surface area contributed by atoms with Crippen molar-refractivity contribution in [3.05, 3.63) is 0 Å². The Morgan fingerprint density at radius 1 is 1.28 bits per heavy atom. The number of carbonyl (C=O) groups excluding carboxylic acids is 2. The number of urea groups is 1. The van der Waals surface area contributed by atoms with E-state index in [1.807, 2.05) is 20.8 Å².